The number of aromatic hydroxyl groups is 1. The fourth-order valence-corrected chi connectivity index (χ4v) is 3.00. The quantitative estimate of drug-likeness (QED) is 0.172. The van der Waals surface area contributed by atoms with Crippen LogP contribution in [0.25, 0.3) is 0 Å². The molecule has 17 heteroatoms. The van der Waals surface area contributed by atoms with Crippen molar-refractivity contribution in [2.75, 3.05) is 30.3 Å². The minimum atomic E-state index is -4.61. The highest BCUT2D eigenvalue weighted by atomic mass is 19.4. The van der Waals surface area contributed by atoms with Gasteiger partial charge in [0.2, 0.25) is 11.9 Å². The third-order valence-corrected chi connectivity index (χ3v) is 4.74. The number of halogens is 3. The van der Waals surface area contributed by atoms with Gasteiger partial charge in [-0.05, 0) is 44.9 Å². The number of ether oxygens (including phenoxy) is 2. The highest BCUT2D eigenvalue weighted by molar-refractivity contribution is 5.93. The Hall–Kier alpha value is -4.83. The van der Waals surface area contributed by atoms with Crippen LogP contribution in [0.2, 0.25) is 0 Å². The van der Waals surface area contributed by atoms with Crippen molar-refractivity contribution in [3.8, 4) is 11.8 Å². The number of carbonyl (C=O) groups excluding carboxylic acids is 2. The number of nitrogens with zero attached hydrogens (tertiary/aromatic N) is 4. The maximum Gasteiger partial charge on any atom is 0.422 e. The summed E-state index contributed by atoms with van der Waals surface area (Å²) in [5.41, 5.74) is 0.204. The van der Waals surface area contributed by atoms with Gasteiger partial charge in [-0.1, -0.05) is 12.1 Å². The number of alkyl carbamates (subject to hydrolysis) is 1. The maximum absolute atomic E-state index is 12.7. The zero-order valence-electron chi connectivity index (χ0n) is 22.4. The van der Waals surface area contributed by atoms with E-state index in [9.17, 15) is 27.9 Å². The Kier molecular flexibility index (Phi) is 10.1. The van der Waals surface area contributed by atoms with E-state index in [0.717, 1.165) is 5.56 Å². The van der Waals surface area contributed by atoms with Crippen LogP contribution in [0.5, 0.6) is 11.8 Å². The molecule has 0 unspecified atom stereocenters. The third kappa shape index (κ3) is 11.4. The van der Waals surface area contributed by atoms with Gasteiger partial charge in [-0.3, -0.25) is 9.89 Å². The van der Waals surface area contributed by atoms with Gasteiger partial charge in [0, 0.05) is 25.7 Å². The van der Waals surface area contributed by atoms with Crippen molar-refractivity contribution in [2.45, 2.75) is 45.5 Å². The fourth-order valence-electron chi connectivity index (χ4n) is 3.00. The van der Waals surface area contributed by atoms with E-state index >= 15 is 0 Å². The Balaban J connectivity index is 1.58. The summed E-state index contributed by atoms with van der Waals surface area (Å²) in [4.78, 5) is 35.8. The number of anilines is 3. The number of amides is 2. The van der Waals surface area contributed by atoms with Crippen molar-refractivity contribution >= 4 is 29.7 Å². The lowest BCUT2D eigenvalue weighted by atomic mass is 10.2. The summed E-state index contributed by atoms with van der Waals surface area (Å²) in [7, 11) is 0. The second-order valence-electron chi connectivity index (χ2n) is 9.52. The van der Waals surface area contributed by atoms with Gasteiger partial charge in [0.05, 0.1) is 0 Å². The Morgan fingerprint density at radius 3 is 2.37 bits per heavy atom. The summed E-state index contributed by atoms with van der Waals surface area (Å²) in [6.07, 6.45) is -4.73. The molecule has 41 heavy (non-hydrogen) atoms. The standard InChI is InChI=1S/C24H30F3N9O5/c1-23(2,3)41-22(39)29-10-4-9-28-18(38)16-11-17(36-35-16)31-20-32-19(30-12-14-5-7-15(37)8-6-14)33-21(34-20)40-13-24(25,26)27/h5-8,11,37H,4,9-10,12-13H2,1-3H3,(H,28,38)(H,29,39)(H3,30,31,32,33,34,35,36). The molecule has 2 amide bonds. The summed E-state index contributed by atoms with van der Waals surface area (Å²) >= 11 is 0. The van der Waals surface area contributed by atoms with Crippen molar-refractivity contribution in [3.63, 3.8) is 0 Å². The first-order chi connectivity index (χ1) is 19.3. The van der Waals surface area contributed by atoms with Crippen LogP contribution in [0.4, 0.5) is 35.7 Å². The molecule has 2 aromatic heterocycles. The number of phenolic OH excluding ortho intramolecular Hbond substituents is 1. The number of hydrogen-bond donors (Lipinski definition) is 6. The lowest BCUT2D eigenvalue weighted by Gasteiger charge is -2.19. The number of alkyl halides is 3. The molecule has 3 rings (SSSR count). The first kappa shape index (κ1) is 30.7. The average Bonchev–Trinajstić information content (AvgIpc) is 3.34. The zero-order chi connectivity index (χ0) is 30.0. The molecule has 0 aliphatic heterocycles. The number of aromatic amines is 1. The molecular formula is C24H30F3N9O5. The average molecular weight is 582 g/mol. The Morgan fingerprint density at radius 2 is 1.68 bits per heavy atom. The molecule has 14 nitrogen and oxygen atoms in total. The molecule has 0 atom stereocenters. The molecule has 0 spiro atoms. The molecular weight excluding hydrogens is 551 g/mol. The Morgan fingerprint density at radius 1 is 1.00 bits per heavy atom. The van der Waals surface area contributed by atoms with E-state index in [-0.39, 0.29) is 48.8 Å². The van der Waals surface area contributed by atoms with E-state index in [2.05, 4.69) is 51.2 Å². The molecule has 1 aromatic carbocycles. The predicted octanol–water partition coefficient (Wildman–Crippen LogP) is 3.24. The van der Waals surface area contributed by atoms with Crippen LogP contribution in [0.1, 0.15) is 43.2 Å². The van der Waals surface area contributed by atoms with E-state index in [0.29, 0.717) is 6.42 Å². The Bertz CT molecular complexity index is 1310. The maximum atomic E-state index is 12.7. The van der Waals surface area contributed by atoms with Gasteiger partial charge in [-0.25, -0.2) is 4.79 Å². The summed E-state index contributed by atoms with van der Waals surface area (Å²) in [5.74, 6) is -0.605. The molecule has 0 aliphatic rings. The van der Waals surface area contributed by atoms with E-state index in [1.54, 1.807) is 32.9 Å². The molecule has 0 aliphatic carbocycles. The summed E-state index contributed by atoms with van der Waals surface area (Å²) < 4.78 is 47.8. The van der Waals surface area contributed by atoms with Gasteiger partial charge in [0.15, 0.2) is 12.4 Å². The van der Waals surface area contributed by atoms with Gasteiger partial charge in [-0.15, -0.1) is 0 Å². The summed E-state index contributed by atoms with van der Waals surface area (Å²) in [5, 5.41) is 26.7. The molecule has 6 N–H and O–H groups in total. The monoisotopic (exact) mass is 581 g/mol. The SMILES string of the molecule is CC(C)(C)OC(=O)NCCCNC(=O)c1cc(Nc2nc(NCc3ccc(O)cc3)nc(OCC(F)(F)F)n2)n[nH]1. The molecule has 0 saturated carbocycles. The van der Waals surface area contributed by atoms with Gasteiger partial charge in [-0.2, -0.15) is 33.2 Å². The van der Waals surface area contributed by atoms with Crippen LogP contribution in [0.15, 0.2) is 30.3 Å². The van der Waals surface area contributed by atoms with E-state index in [1.165, 1.54) is 18.2 Å². The Labute approximate surface area is 232 Å². The number of phenols is 1. The van der Waals surface area contributed by atoms with Crippen molar-refractivity contribution in [1.29, 1.82) is 0 Å². The van der Waals surface area contributed by atoms with Crippen molar-refractivity contribution in [3.05, 3.63) is 41.6 Å². The molecule has 0 saturated heterocycles. The van der Waals surface area contributed by atoms with E-state index < -0.39 is 36.4 Å². The van der Waals surface area contributed by atoms with Gasteiger partial charge in [0.25, 0.3) is 5.91 Å². The third-order valence-electron chi connectivity index (χ3n) is 4.74. The van der Waals surface area contributed by atoms with Crippen molar-refractivity contribution < 1.29 is 37.3 Å². The highest BCUT2D eigenvalue weighted by Crippen LogP contribution is 2.20. The zero-order valence-corrected chi connectivity index (χ0v) is 22.4. The molecule has 0 radical (unpaired) electrons. The lowest BCUT2D eigenvalue weighted by molar-refractivity contribution is -0.154. The minimum Gasteiger partial charge on any atom is -0.508 e. The topological polar surface area (TPSA) is 188 Å². The van der Waals surface area contributed by atoms with Gasteiger partial charge < -0.3 is 35.8 Å². The first-order valence-electron chi connectivity index (χ1n) is 12.3. The van der Waals surface area contributed by atoms with Crippen molar-refractivity contribution in [1.82, 2.24) is 35.8 Å². The predicted molar refractivity (Wildman–Crippen MR) is 140 cm³/mol. The van der Waals surface area contributed by atoms with Crippen LogP contribution in [-0.2, 0) is 11.3 Å². The smallest absolute Gasteiger partial charge is 0.422 e. The summed E-state index contributed by atoms with van der Waals surface area (Å²) in [6.45, 7) is 4.34. The largest absolute Gasteiger partial charge is 0.508 e. The molecule has 222 valence electrons. The van der Waals surface area contributed by atoms with Crippen LogP contribution >= 0.6 is 0 Å². The fraction of sp³-hybridized carbons (Fsp3) is 0.417. The van der Waals surface area contributed by atoms with Crippen molar-refractivity contribution in [2.24, 2.45) is 0 Å². The number of benzene rings is 1. The number of carbonyl (C=O) groups is 2. The molecule has 3 aromatic rings. The summed E-state index contributed by atoms with van der Waals surface area (Å²) in [6, 6.07) is 6.97. The lowest BCUT2D eigenvalue weighted by Crippen LogP contribution is -2.34. The second kappa shape index (κ2) is 13.5. The highest BCUT2D eigenvalue weighted by Gasteiger charge is 2.29. The second-order valence-corrected chi connectivity index (χ2v) is 9.52. The number of H-pyrrole nitrogens is 1. The molecule has 0 fully saturated rings. The number of nitrogens with one attached hydrogen (secondary N) is 5. The van der Waals surface area contributed by atoms with Crippen LogP contribution in [-0.4, -0.2) is 73.7 Å². The van der Waals surface area contributed by atoms with E-state index in [1.807, 2.05) is 0 Å². The number of hydrogen-bond acceptors (Lipinski definition) is 11. The van der Waals surface area contributed by atoms with Crippen LogP contribution in [0.3, 0.4) is 0 Å². The van der Waals surface area contributed by atoms with Crippen LogP contribution in [0, 0.1) is 0 Å². The van der Waals surface area contributed by atoms with Gasteiger partial charge >= 0.3 is 18.3 Å². The molecule has 0 bridgehead atoms. The number of rotatable bonds is 12. The normalized spacial score (nSPS) is 11.5. The van der Waals surface area contributed by atoms with Crippen LogP contribution < -0.4 is 26.0 Å². The van der Waals surface area contributed by atoms with E-state index in [4.69, 9.17) is 4.74 Å². The minimum absolute atomic E-state index is 0.0745. The molecule has 2 heterocycles. The first-order valence-corrected chi connectivity index (χ1v) is 12.3. The number of aromatic nitrogens is 5. The van der Waals surface area contributed by atoms with Gasteiger partial charge in [0.1, 0.15) is 17.0 Å².